The van der Waals surface area contributed by atoms with Crippen LogP contribution in [0.5, 0.6) is 0 Å². The lowest BCUT2D eigenvalue weighted by molar-refractivity contribution is 0.0845. The molecule has 1 aliphatic carbocycles. The third-order valence-corrected chi connectivity index (χ3v) is 2.77. The lowest BCUT2D eigenvalue weighted by Gasteiger charge is -2.38. The van der Waals surface area contributed by atoms with Gasteiger partial charge in [-0.1, -0.05) is 6.07 Å². The fourth-order valence-electron chi connectivity index (χ4n) is 1.67. The molecule has 1 heterocycles. The molecule has 0 saturated heterocycles. The van der Waals surface area contributed by atoms with E-state index in [9.17, 15) is 4.79 Å². The van der Waals surface area contributed by atoms with Gasteiger partial charge in [0.05, 0.1) is 0 Å². The van der Waals surface area contributed by atoms with Crippen LogP contribution in [0.15, 0.2) is 24.4 Å². The Kier molecular flexibility index (Phi) is 2.23. The van der Waals surface area contributed by atoms with Crippen LogP contribution in [0.3, 0.4) is 0 Å². The van der Waals surface area contributed by atoms with Crippen molar-refractivity contribution < 1.29 is 4.79 Å². The first-order valence-electron chi connectivity index (χ1n) is 4.93. The van der Waals surface area contributed by atoms with Gasteiger partial charge in [0.15, 0.2) is 0 Å². The number of carbonyl (C=O) groups excluding carboxylic acids is 1. The average molecular weight is 190 g/mol. The van der Waals surface area contributed by atoms with Crippen molar-refractivity contribution in [1.29, 1.82) is 0 Å². The highest BCUT2D eigenvalue weighted by molar-refractivity contribution is 5.92. The van der Waals surface area contributed by atoms with Crippen LogP contribution in [0.2, 0.25) is 0 Å². The van der Waals surface area contributed by atoms with Gasteiger partial charge in [0, 0.05) is 11.7 Å². The Bertz CT molecular complexity index is 330. The molecule has 1 fully saturated rings. The Hall–Kier alpha value is -1.38. The van der Waals surface area contributed by atoms with Gasteiger partial charge in [-0.05, 0) is 38.3 Å². The van der Waals surface area contributed by atoms with Crippen molar-refractivity contribution in [3.63, 3.8) is 0 Å². The van der Waals surface area contributed by atoms with Crippen LogP contribution in [0.4, 0.5) is 0 Å². The van der Waals surface area contributed by atoms with Crippen LogP contribution in [-0.2, 0) is 0 Å². The summed E-state index contributed by atoms with van der Waals surface area (Å²) < 4.78 is 0. The summed E-state index contributed by atoms with van der Waals surface area (Å²) in [7, 11) is 0. The molecule has 3 nitrogen and oxygen atoms in total. The Balaban J connectivity index is 2.03. The molecule has 74 valence electrons. The maximum absolute atomic E-state index is 11.7. The molecule has 3 heteroatoms. The Morgan fingerprint density at radius 2 is 2.29 bits per heavy atom. The van der Waals surface area contributed by atoms with E-state index < -0.39 is 0 Å². The van der Waals surface area contributed by atoms with E-state index in [1.807, 2.05) is 12.1 Å². The summed E-state index contributed by atoms with van der Waals surface area (Å²) in [6.07, 6.45) is 4.99. The van der Waals surface area contributed by atoms with Crippen LogP contribution >= 0.6 is 0 Å². The zero-order valence-electron chi connectivity index (χ0n) is 8.29. The van der Waals surface area contributed by atoms with Gasteiger partial charge in [0.2, 0.25) is 0 Å². The molecule has 1 aromatic heterocycles. The Morgan fingerprint density at radius 3 is 2.79 bits per heavy atom. The second kappa shape index (κ2) is 3.40. The normalized spacial score (nSPS) is 18.4. The van der Waals surface area contributed by atoms with Crippen LogP contribution in [0.25, 0.3) is 0 Å². The van der Waals surface area contributed by atoms with Crippen LogP contribution < -0.4 is 5.32 Å². The number of amides is 1. The van der Waals surface area contributed by atoms with Gasteiger partial charge in [0.1, 0.15) is 5.69 Å². The average Bonchev–Trinajstić information content (AvgIpc) is 2.17. The molecule has 0 atom stereocenters. The Labute approximate surface area is 83.5 Å². The summed E-state index contributed by atoms with van der Waals surface area (Å²) in [5, 5.41) is 3.01. The van der Waals surface area contributed by atoms with Crippen molar-refractivity contribution in [2.24, 2.45) is 0 Å². The number of carbonyl (C=O) groups is 1. The quantitative estimate of drug-likeness (QED) is 0.772. The third kappa shape index (κ3) is 1.76. The highest BCUT2D eigenvalue weighted by Crippen LogP contribution is 2.30. The molecule has 1 saturated carbocycles. The fraction of sp³-hybridized carbons (Fsp3) is 0.455. The maximum atomic E-state index is 11.7. The topological polar surface area (TPSA) is 42.0 Å². The SMILES string of the molecule is CC1(NC(=O)c2ccccn2)CCC1. The van der Waals surface area contributed by atoms with E-state index >= 15 is 0 Å². The van der Waals surface area contributed by atoms with Crippen molar-refractivity contribution in [3.8, 4) is 0 Å². The van der Waals surface area contributed by atoms with Gasteiger partial charge in [-0.3, -0.25) is 9.78 Å². The molecule has 2 rings (SSSR count). The minimum absolute atomic E-state index is 0.00854. The van der Waals surface area contributed by atoms with E-state index in [0.29, 0.717) is 5.69 Å². The van der Waals surface area contributed by atoms with Crippen LogP contribution in [0, 0.1) is 0 Å². The molecule has 0 spiro atoms. The summed E-state index contributed by atoms with van der Waals surface area (Å²) in [4.78, 5) is 15.7. The van der Waals surface area contributed by atoms with Crippen molar-refractivity contribution in [2.45, 2.75) is 31.7 Å². The number of hydrogen-bond donors (Lipinski definition) is 1. The van der Waals surface area contributed by atoms with Gasteiger partial charge in [0.25, 0.3) is 5.91 Å². The molecule has 1 N–H and O–H groups in total. The zero-order chi connectivity index (χ0) is 10.0. The number of aromatic nitrogens is 1. The number of rotatable bonds is 2. The largest absolute Gasteiger partial charge is 0.346 e. The molecule has 1 aliphatic rings. The first-order chi connectivity index (χ1) is 6.70. The predicted molar refractivity (Wildman–Crippen MR) is 54.0 cm³/mol. The highest BCUT2D eigenvalue weighted by atomic mass is 16.2. The van der Waals surface area contributed by atoms with E-state index in [0.717, 1.165) is 12.8 Å². The summed E-state index contributed by atoms with van der Waals surface area (Å²) in [5.41, 5.74) is 0.509. The van der Waals surface area contributed by atoms with Gasteiger partial charge < -0.3 is 5.32 Å². The van der Waals surface area contributed by atoms with Gasteiger partial charge in [-0.15, -0.1) is 0 Å². The molecule has 14 heavy (non-hydrogen) atoms. The third-order valence-electron chi connectivity index (χ3n) is 2.77. The van der Waals surface area contributed by atoms with Gasteiger partial charge in [-0.25, -0.2) is 0 Å². The molecule has 1 aromatic rings. The fourth-order valence-corrected chi connectivity index (χ4v) is 1.67. The van der Waals surface area contributed by atoms with Crippen molar-refractivity contribution in [1.82, 2.24) is 10.3 Å². The van der Waals surface area contributed by atoms with E-state index in [4.69, 9.17) is 0 Å². The van der Waals surface area contributed by atoms with Crippen molar-refractivity contribution in [2.75, 3.05) is 0 Å². The molecular weight excluding hydrogens is 176 g/mol. The lowest BCUT2D eigenvalue weighted by atomic mass is 9.78. The highest BCUT2D eigenvalue weighted by Gasteiger charge is 2.33. The second-order valence-corrected chi connectivity index (χ2v) is 4.08. The minimum Gasteiger partial charge on any atom is -0.346 e. The molecule has 0 bridgehead atoms. The van der Waals surface area contributed by atoms with Crippen molar-refractivity contribution in [3.05, 3.63) is 30.1 Å². The zero-order valence-corrected chi connectivity index (χ0v) is 8.29. The molecule has 0 unspecified atom stereocenters. The monoisotopic (exact) mass is 190 g/mol. The first kappa shape index (κ1) is 9.19. The summed E-state index contributed by atoms with van der Waals surface area (Å²) in [5.74, 6) is -0.0622. The number of pyridine rings is 1. The molecule has 1 amide bonds. The predicted octanol–water partition coefficient (Wildman–Crippen LogP) is 1.75. The van der Waals surface area contributed by atoms with Gasteiger partial charge in [-0.2, -0.15) is 0 Å². The summed E-state index contributed by atoms with van der Waals surface area (Å²) >= 11 is 0. The molecular formula is C11H14N2O. The second-order valence-electron chi connectivity index (χ2n) is 4.08. The summed E-state index contributed by atoms with van der Waals surface area (Å²) in [6.45, 7) is 2.08. The van der Waals surface area contributed by atoms with E-state index in [2.05, 4.69) is 17.2 Å². The Morgan fingerprint density at radius 1 is 1.50 bits per heavy atom. The van der Waals surface area contributed by atoms with Gasteiger partial charge >= 0.3 is 0 Å². The number of nitrogens with one attached hydrogen (secondary N) is 1. The number of nitrogens with zero attached hydrogens (tertiary/aromatic N) is 1. The molecule has 0 aromatic carbocycles. The van der Waals surface area contributed by atoms with Crippen LogP contribution in [0.1, 0.15) is 36.7 Å². The van der Waals surface area contributed by atoms with E-state index in [1.165, 1.54) is 6.42 Å². The summed E-state index contributed by atoms with van der Waals surface area (Å²) in [6, 6.07) is 5.37. The molecule has 0 aliphatic heterocycles. The smallest absolute Gasteiger partial charge is 0.270 e. The first-order valence-corrected chi connectivity index (χ1v) is 4.93. The lowest BCUT2D eigenvalue weighted by Crippen LogP contribution is -2.51. The molecule has 0 radical (unpaired) electrons. The van der Waals surface area contributed by atoms with Crippen LogP contribution in [-0.4, -0.2) is 16.4 Å². The maximum Gasteiger partial charge on any atom is 0.270 e. The standard InChI is InChI=1S/C11H14N2O/c1-11(6-4-7-11)13-10(14)9-5-2-3-8-12-9/h2-3,5,8H,4,6-7H2,1H3,(H,13,14). The van der Waals surface area contributed by atoms with Crippen molar-refractivity contribution >= 4 is 5.91 Å². The van der Waals surface area contributed by atoms with E-state index in [-0.39, 0.29) is 11.4 Å². The minimum atomic E-state index is -0.0622. The number of hydrogen-bond acceptors (Lipinski definition) is 2. The van der Waals surface area contributed by atoms with E-state index in [1.54, 1.807) is 12.3 Å².